The van der Waals surface area contributed by atoms with Crippen molar-refractivity contribution in [1.82, 2.24) is 0 Å². The van der Waals surface area contributed by atoms with Crippen LogP contribution in [-0.2, 0) is 18.2 Å². The van der Waals surface area contributed by atoms with Gasteiger partial charge in [-0.05, 0) is 0 Å². The van der Waals surface area contributed by atoms with Crippen LogP contribution < -0.4 is 0 Å². The first-order valence-corrected chi connectivity index (χ1v) is 13.0. The molecule has 10 heavy (non-hydrogen) atoms. The van der Waals surface area contributed by atoms with E-state index in [0.717, 1.165) is 0 Å². The van der Waals surface area contributed by atoms with Crippen molar-refractivity contribution < 1.29 is 18.2 Å². The summed E-state index contributed by atoms with van der Waals surface area (Å²) in [6, 6.07) is 4.21. The second-order valence-electron chi connectivity index (χ2n) is 1.49. The van der Waals surface area contributed by atoms with Crippen LogP contribution in [0.3, 0.4) is 0 Å². The topological polar surface area (TPSA) is 0 Å². The third-order valence-corrected chi connectivity index (χ3v) is 1.58. The molecular weight excluding hydrogens is 289 g/mol. The molecule has 0 bridgehead atoms. The Morgan fingerprint density at radius 2 is 1.90 bits per heavy atom. The van der Waals surface area contributed by atoms with Gasteiger partial charge in [-0.15, -0.1) is 5.30 Å². The molecule has 1 heterocycles. The average Bonchev–Trinajstić information content (AvgIpc) is 2.15. The van der Waals surface area contributed by atoms with Crippen LogP contribution in [0.1, 0.15) is 5.30 Å². The molecule has 0 spiro atoms. The molecule has 0 fully saturated rings. The quantitative estimate of drug-likeness (QED) is 0.624. The Bertz CT molecular complexity index is 149. The number of hydrogen-bond acceptors (Lipinski definition) is 0. The van der Waals surface area contributed by atoms with Crippen LogP contribution in [0.25, 0.3) is 0 Å². The van der Waals surface area contributed by atoms with Crippen molar-refractivity contribution in [3.63, 3.8) is 0 Å². The summed E-state index contributed by atoms with van der Waals surface area (Å²) in [5, 5.41) is 1.44. The zero-order chi connectivity index (χ0) is 7.98. The molecule has 1 aromatic rings. The molecule has 1 aromatic heterocycles. The Morgan fingerprint density at radius 1 is 1.40 bits per heavy atom. The van der Waals surface area contributed by atoms with Crippen LogP contribution >= 0.6 is 33.7 Å². The van der Waals surface area contributed by atoms with Crippen molar-refractivity contribution in [2.75, 3.05) is 0 Å². The number of hydrogen-bond donors (Lipinski definition) is 0. The summed E-state index contributed by atoms with van der Waals surface area (Å²) in [6.07, 6.45) is 0. The van der Waals surface area contributed by atoms with Gasteiger partial charge in [-0.3, -0.25) is 0 Å². The van der Waals surface area contributed by atoms with E-state index in [1.54, 1.807) is 0 Å². The van der Waals surface area contributed by atoms with Crippen molar-refractivity contribution in [3.05, 3.63) is 23.2 Å². The van der Waals surface area contributed by atoms with Gasteiger partial charge in [-0.2, -0.15) is 11.9 Å². The van der Waals surface area contributed by atoms with E-state index in [1.165, 1.54) is 13.5 Å². The van der Waals surface area contributed by atoms with Crippen LogP contribution in [0.2, 0.25) is 0 Å². The van der Waals surface area contributed by atoms with Crippen molar-refractivity contribution >= 4 is 33.7 Å². The van der Waals surface area contributed by atoms with Crippen molar-refractivity contribution in [1.29, 1.82) is 0 Å². The fraction of sp³-hybridized carbons (Fsp3) is 0.200. The zero-order valence-corrected chi connectivity index (χ0v) is 10.9. The molecule has 0 saturated carbocycles. The second kappa shape index (κ2) is 7.20. The Labute approximate surface area is 81.3 Å². The molecule has 0 aliphatic carbocycles. The minimum absolute atomic E-state index is 1.37. The van der Waals surface area contributed by atoms with Crippen LogP contribution in [0.15, 0.2) is 17.9 Å². The molecule has 0 nitrogen and oxygen atoms in total. The van der Waals surface area contributed by atoms with Gasteiger partial charge in [0, 0.05) is 0 Å². The van der Waals surface area contributed by atoms with Gasteiger partial charge in [0.05, 0.1) is 0 Å². The van der Waals surface area contributed by atoms with Gasteiger partial charge < -0.3 is 0 Å². The summed E-state index contributed by atoms with van der Waals surface area (Å²) in [5.41, 5.74) is 0. The predicted octanol–water partition coefficient (Wildman–Crippen LogP) is 4.36. The summed E-state index contributed by atoms with van der Waals surface area (Å²) in [7, 11) is 16.4. The molecule has 57 valence electrons. The van der Waals surface area contributed by atoms with Gasteiger partial charge in [0.15, 0.2) is 0 Å². The Balaban J connectivity index is 0.000000180. The standard InChI is InChI=1S/C5H6P.3ClH.Zr/c1-5-3-2-4-6-5;;;;/h2-4H,1H3;3*1H;/q-1;;;;+3/p-3. The molecule has 5 heteroatoms. The fourth-order valence-corrected chi connectivity index (χ4v) is 0.965. The first-order chi connectivity index (χ1) is 4.63. The van der Waals surface area contributed by atoms with E-state index >= 15 is 0 Å². The summed E-state index contributed by atoms with van der Waals surface area (Å²) < 4.78 is 0. The van der Waals surface area contributed by atoms with Crippen molar-refractivity contribution in [2.24, 2.45) is 0 Å². The van der Waals surface area contributed by atoms with Gasteiger partial charge in [-0.25, -0.2) is 14.3 Å². The molecule has 0 atom stereocenters. The average molecular weight is 295 g/mol. The third-order valence-electron chi connectivity index (χ3n) is 0.702. The molecule has 1 rings (SSSR count). The number of rotatable bonds is 0. The van der Waals surface area contributed by atoms with E-state index in [2.05, 4.69) is 24.9 Å². The third kappa shape index (κ3) is 9.53. The van der Waals surface area contributed by atoms with Gasteiger partial charge >= 0.3 is 43.7 Å². The van der Waals surface area contributed by atoms with Crippen molar-refractivity contribution in [3.8, 4) is 0 Å². The van der Waals surface area contributed by atoms with E-state index in [1.807, 2.05) is 0 Å². The Hall–Kier alpha value is 1.53. The molecule has 0 aliphatic heterocycles. The summed E-state index contributed by atoms with van der Waals surface area (Å²) in [4.78, 5) is 0. The van der Waals surface area contributed by atoms with Gasteiger partial charge in [0.25, 0.3) is 0 Å². The zero-order valence-electron chi connectivity index (χ0n) is 5.31. The van der Waals surface area contributed by atoms with E-state index in [0.29, 0.717) is 0 Å². The predicted molar refractivity (Wildman–Crippen MR) is 46.8 cm³/mol. The van der Waals surface area contributed by atoms with Crippen molar-refractivity contribution in [2.45, 2.75) is 6.92 Å². The molecule has 0 unspecified atom stereocenters. The second-order valence-corrected chi connectivity index (χ2v) is 14.0. The summed E-state index contributed by atoms with van der Waals surface area (Å²) in [6.45, 7) is 2.13. The number of halogens is 3. The minimum atomic E-state index is -2.13. The maximum absolute atomic E-state index is 5.00. The summed E-state index contributed by atoms with van der Waals surface area (Å²) in [5.74, 6) is 2.13. The fourth-order valence-electron chi connectivity index (χ4n) is 0.386. The molecule has 0 aliphatic rings. The molecule has 0 amide bonds. The van der Waals surface area contributed by atoms with Crippen LogP contribution in [0.4, 0.5) is 0 Å². The molecule has 0 saturated heterocycles. The van der Waals surface area contributed by atoms with Crippen LogP contribution in [0, 0.1) is 6.92 Å². The van der Waals surface area contributed by atoms with Gasteiger partial charge in [-0.1, -0.05) is 6.92 Å². The molecular formula is C5H6Cl3PZr-. The monoisotopic (exact) mass is 292 g/mol. The first-order valence-electron chi connectivity index (χ1n) is 2.50. The van der Waals surface area contributed by atoms with E-state index in [4.69, 9.17) is 25.5 Å². The van der Waals surface area contributed by atoms with Crippen LogP contribution in [0.5, 0.6) is 0 Å². The van der Waals surface area contributed by atoms with Gasteiger partial charge in [0.1, 0.15) is 0 Å². The number of aryl methyl sites for hydroxylation is 1. The van der Waals surface area contributed by atoms with Crippen LogP contribution in [-0.4, -0.2) is 0 Å². The molecule has 0 N–H and O–H groups in total. The maximum atomic E-state index is 5.00. The SMILES string of the molecule is C[c-]1cccp1.[Cl][Zr]([Cl])[Cl]. The normalized spacial score (nSPS) is 8.80. The first kappa shape index (κ1) is 11.5. The van der Waals surface area contributed by atoms with E-state index in [9.17, 15) is 0 Å². The summed E-state index contributed by atoms with van der Waals surface area (Å²) >= 11 is -2.13. The Morgan fingerprint density at radius 3 is 2.00 bits per heavy atom. The molecule has 0 radical (unpaired) electrons. The van der Waals surface area contributed by atoms with E-state index in [-0.39, 0.29) is 0 Å². The van der Waals surface area contributed by atoms with Gasteiger partial charge in [0.2, 0.25) is 0 Å². The molecule has 0 aromatic carbocycles. The van der Waals surface area contributed by atoms with E-state index < -0.39 is 18.2 Å². The Kier molecular flexibility index (Phi) is 8.30.